The zero-order chi connectivity index (χ0) is 8.27. The molecule has 0 saturated carbocycles. The van der Waals surface area contributed by atoms with E-state index in [2.05, 4.69) is 22.6 Å². The van der Waals surface area contributed by atoms with Crippen LogP contribution in [0.1, 0.15) is 5.56 Å². The maximum atomic E-state index is 8.67. The minimum atomic E-state index is 0.153. The highest BCUT2D eigenvalue weighted by Crippen LogP contribution is 2.18. The lowest BCUT2D eigenvalue weighted by molar-refractivity contribution is 0.299. The second kappa shape index (κ2) is 4.28. The van der Waals surface area contributed by atoms with Gasteiger partial charge in [-0.1, -0.05) is 11.6 Å². The Balaban J connectivity index is 2.93. The third-order valence-electron chi connectivity index (χ3n) is 1.39. The summed E-state index contributed by atoms with van der Waals surface area (Å²) in [6.07, 6.45) is 0.635. The minimum absolute atomic E-state index is 0.153. The molecule has 0 aromatic heterocycles. The molecule has 0 amide bonds. The third-order valence-corrected chi connectivity index (χ3v) is 2.43. The fourth-order valence-corrected chi connectivity index (χ4v) is 1.62. The third kappa shape index (κ3) is 2.61. The van der Waals surface area contributed by atoms with Gasteiger partial charge in [-0.3, -0.25) is 0 Å². The highest BCUT2D eigenvalue weighted by atomic mass is 127. The number of aliphatic hydroxyl groups is 1. The number of hydrogen-bond donors (Lipinski definition) is 1. The SMILES string of the molecule is OCCc1cc(I)ccc1Cl. The van der Waals surface area contributed by atoms with Crippen molar-refractivity contribution in [1.82, 2.24) is 0 Å². The number of hydrogen-bond acceptors (Lipinski definition) is 1. The molecule has 0 saturated heterocycles. The van der Waals surface area contributed by atoms with Crippen LogP contribution in [0, 0.1) is 3.57 Å². The van der Waals surface area contributed by atoms with Crippen molar-refractivity contribution in [2.24, 2.45) is 0 Å². The molecule has 1 N–H and O–H groups in total. The van der Waals surface area contributed by atoms with Gasteiger partial charge in [0.1, 0.15) is 0 Å². The first-order chi connectivity index (χ1) is 5.24. The molecule has 0 fully saturated rings. The summed E-state index contributed by atoms with van der Waals surface area (Å²) in [5.74, 6) is 0. The Labute approximate surface area is 84.5 Å². The zero-order valence-corrected chi connectivity index (χ0v) is 8.76. The summed E-state index contributed by atoms with van der Waals surface area (Å²) in [4.78, 5) is 0. The molecule has 1 nitrogen and oxygen atoms in total. The minimum Gasteiger partial charge on any atom is -0.396 e. The van der Waals surface area contributed by atoms with Gasteiger partial charge in [0.25, 0.3) is 0 Å². The van der Waals surface area contributed by atoms with Gasteiger partial charge in [0, 0.05) is 15.2 Å². The Morgan fingerprint density at radius 3 is 2.82 bits per heavy atom. The lowest BCUT2D eigenvalue weighted by Gasteiger charge is -2.01. The van der Waals surface area contributed by atoms with E-state index in [1.807, 2.05) is 18.2 Å². The largest absolute Gasteiger partial charge is 0.396 e. The fourth-order valence-electron chi connectivity index (χ4n) is 0.855. The van der Waals surface area contributed by atoms with Crippen LogP contribution < -0.4 is 0 Å². The van der Waals surface area contributed by atoms with Crippen LogP contribution in [0.3, 0.4) is 0 Å². The van der Waals surface area contributed by atoms with Crippen molar-refractivity contribution >= 4 is 34.2 Å². The van der Waals surface area contributed by atoms with Crippen molar-refractivity contribution in [3.05, 3.63) is 32.4 Å². The molecule has 1 aromatic rings. The first kappa shape index (κ1) is 9.29. The van der Waals surface area contributed by atoms with Gasteiger partial charge in [-0.25, -0.2) is 0 Å². The predicted octanol–water partition coefficient (Wildman–Crippen LogP) is 2.48. The second-order valence-electron chi connectivity index (χ2n) is 2.21. The molecule has 0 heterocycles. The summed E-state index contributed by atoms with van der Waals surface area (Å²) < 4.78 is 1.15. The van der Waals surface area contributed by atoms with Crippen LogP contribution >= 0.6 is 34.2 Å². The van der Waals surface area contributed by atoms with Crippen LogP contribution in [0.15, 0.2) is 18.2 Å². The smallest absolute Gasteiger partial charge is 0.0471 e. The van der Waals surface area contributed by atoms with Crippen LogP contribution in [-0.2, 0) is 6.42 Å². The summed E-state index contributed by atoms with van der Waals surface area (Å²) in [5, 5.41) is 9.41. The highest BCUT2D eigenvalue weighted by Gasteiger charge is 1.98. The van der Waals surface area contributed by atoms with E-state index < -0.39 is 0 Å². The van der Waals surface area contributed by atoms with Crippen molar-refractivity contribution < 1.29 is 5.11 Å². The molecule has 60 valence electrons. The van der Waals surface area contributed by atoms with Gasteiger partial charge < -0.3 is 5.11 Å². The van der Waals surface area contributed by atoms with Crippen LogP contribution in [0.25, 0.3) is 0 Å². The highest BCUT2D eigenvalue weighted by molar-refractivity contribution is 14.1. The van der Waals surface area contributed by atoms with Crippen molar-refractivity contribution in [1.29, 1.82) is 0 Å². The quantitative estimate of drug-likeness (QED) is 0.826. The molecule has 0 bridgehead atoms. The Bertz CT molecular complexity index is 250. The first-order valence-electron chi connectivity index (χ1n) is 3.29. The Kier molecular flexibility index (Phi) is 3.62. The number of rotatable bonds is 2. The van der Waals surface area contributed by atoms with Crippen molar-refractivity contribution in [2.45, 2.75) is 6.42 Å². The van der Waals surface area contributed by atoms with E-state index in [9.17, 15) is 0 Å². The van der Waals surface area contributed by atoms with E-state index >= 15 is 0 Å². The van der Waals surface area contributed by atoms with E-state index in [1.54, 1.807) is 0 Å². The van der Waals surface area contributed by atoms with Gasteiger partial charge in [-0.05, 0) is 52.8 Å². The van der Waals surface area contributed by atoms with Crippen molar-refractivity contribution in [3.8, 4) is 0 Å². The first-order valence-corrected chi connectivity index (χ1v) is 4.74. The predicted molar refractivity (Wildman–Crippen MR) is 55.0 cm³/mol. The molecule has 1 rings (SSSR count). The molecular formula is C8H8ClIO. The van der Waals surface area contributed by atoms with E-state index in [1.165, 1.54) is 0 Å². The lowest BCUT2D eigenvalue weighted by atomic mass is 10.2. The molecular weight excluding hydrogens is 274 g/mol. The summed E-state index contributed by atoms with van der Waals surface area (Å²) in [7, 11) is 0. The van der Waals surface area contributed by atoms with Gasteiger partial charge in [0.05, 0.1) is 0 Å². The number of halogens is 2. The average molecular weight is 283 g/mol. The maximum absolute atomic E-state index is 8.67. The normalized spacial score (nSPS) is 10.1. The van der Waals surface area contributed by atoms with Gasteiger partial charge in [-0.2, -0.15) is 0 Å². The van der Waals surface area contributed by atoms with Gasteiger partial charge in [-0.15, -0.1) is 0 Å². The molecule has 0 spiro atoms. The van der Waals surface area contributed by atoms with Crippen molar-refractivity contribution in [3.63, 3.8) is 0 Å². The van der Waals surface area contributed by atoms with Crippen LogP contribution in [0.2, 0.25) is 5.02 Å². The van der Waals surface area contributed by atoms with Crippen molar-refractivity contribution in [2.75, 3.05) is 6.61 Å². The number of aliphatic hydroxyl groups excluding tert-OH is 1. The average Bonchev–Trinajstić information content (AvgIpc) is 1.98. The zero-order valence-electron chi connectivity index (χ0n) is 5.85. The van der Waals surface area contributed by atoms with Gasteiger partial charge >= 0.3 is 0 Å². The summed E-state index contributed by atoms with van der Waals surface area (Å²) >= 11 is 8.08. The molecule has 0 aliphatic carbocycles. The number of benzene rings is 1. The Morgan fingerprint density at radius 1 is 1.45 bits per heavy atom. The summed E-state index contributed by atoms with van der Waals surface area (Å²) in [6, 6.07) is 5.79. The molecule has 0 unspecified atom stereocenters. The topological polar surface area (TPSA) is 20.2 Å². The monoisotopic (exact) mass is 282 g/mol. The maximum Gasteiger partial charge on any atom is 0.0471 e. The molecule has 0 atom stereocenters. The van der Waals surface area contributed by atoms with Crippen LogP contribution in [0.5, 0.6) is 0 Å². The summed E-state index contributed by atoms with van der Waals surface area (Å²) in [6.45, 7) is 0.153. The van der Waals surface area contributed by atoms with Gasteiger partial charge in [0.15, 0.2) is 0 Å². The van der Waals surface area contributed by atoms with E-state index in [0.29, 0.717) is 6.42 Å². The van der Waals surface area contributed by atoms with E-state index in [0.717, 1.165) is 14.2 Å². The molecule has 0 radical (unpaired) electrons. The Hall–Kier alpha value is 0.200. The molecule has 0 aliphatic heterocycles. The molecule has 3 heteroatoms. The van der Waals surface area contributed by atoms with Crippen LogP contribution in [-0.4, -0.2) is 11.7 Å². The van der Waals surface area contributed by atoms with E-state index in [-0.39, 0.29) is 6.61 Å². The lowest BCUT2D eigenvalue weighted by Crippen LogP contribution is -1.91. The standard InChI is InChI=1S/C8H8ClIO/c9-8-2-1-7(10)5-6(8)3-4-11/h1-2,5,11H,3-4H2. The molecule has 11 heavy (non-hydrogen) atoms. The second-order valence-corrected chi connectivity index (χ2v) is 3.86. The molecule has 1 aromatic carbocycles. The van der Waals surface area contributed by atoms with E-state index in [4.69, 9.17) is 16.7 Å². The fraction of sp³-hybridized carbons (Fsp3) is 0.250. The van der Waals surface area contributed by atoms with Gasteiger partial charge in [0.2, 0.25) is 0 Å². The summed E-state index contributed by atoms with van der Waals surface area (Å²) in [5.41, 5.74) is 1.01. The Morgan fingerprint density at radius 2 is 2.18 bits per heavy atom. The molecule has 0 aliphatic rings. The van der Waals surface area contributed by atoms with Crippen LogP contribution in [0.4, 0.5) is 0 Å².